The Morgan fingerprint density at radius 1 is 1.24 bits per heavy atom. The van der Waals surface area contributed by atoms with E-state index in [0.717, 1.165) is 38.3 Å². The summed E-state index contributed by atoms with van der Waals surface area (Å²) in [7, 11) is 0. The lowest BCUT2D eigenvalue weighted by Gasteiger charge is -2.39. The van der Waals surface area contributed by atoms with Crippen LogP contribution in [-0.4, -0.2) is 41.9 Å². The monoisotopic (exact) mass is 367 g/mol. The van der Waals surface area contributed by atoms with Gasteiger partial charge in [-0.05, 0) is 48.1 Å². The zero-order valence-electron chi connectivity index (χ0n) is 15.9. The van der Waals surface area contributed by atoms with Crippen molar-refractivity contribution in [3.63, 3.8) is 0 Å². The molecule has 142 valence electrons. The van der Waals surface area contributed by atoms with Crippen LogP contribution in [0.5, 0.6) is 0 Å². The molecule has 0 saturated heterocycles. The molecule has 1 heterocycles. The summed E-state index contributed by atoms with van der Waals surface area (Å²) in [5, 5.41) is 10.4. The first kappa shape index (κ1) is 20.7. The first-order valence-electron chi connectivity index (χ1n) is 9.50. The van der Waals surface area contributed by atoms with Crippen LogP contribution in [0.3, 0.4) is 0 Å². The summed E-state index contributed by atoms with van der Waals surface area (Å²) >= 11 is 0. The van der Waals surface area contributed by atoms with E-state index in [1.807, 2.05) is 0 Å². The van der Waals surface area contributed by atoms with Gasteiger partial charge in [0.25, 0.3) is 0 Å². The summed E-state index contributed by atoms with van der Waals surface area (Å²) in [5.74, 6) is 0.717. The van der Waals surface area contributed by atoms with Gasteiger partial charge in [-0.1, -0.05) is 45.0 Å². The molecule has 1 fully saturated rings. The van der Waals surface area contributed by atoms with Crippen molar-refractivity contribution >= 4 is 12.4 Å². The lowest BCUT2D eigenvalue weighted by atomic mass is 9.71. The average molecular weight is 368 g/mol. The molecular weight excluding hydrogens is 334 g/mol. The number of aliphatic hydroxyl groups excluding tert-OH is 1. The van der Waals surface area contributed by atoms with Crippen LogP contribution in [-0.2, 0) is 17.7 Å². The van der Waals surface area contributed by atoms with Crippen molar-refractivity contribution in [3.05, 3.63) is 35.4 Å². The number of fused-ring (bicyclic) bond motifs is 1. The van der Waals surface area contributed by atoms with E-state index in [9.17, 15) is 5.11 Å². The van der Waals surface area contributed by atoms with Crippen molar-refractivity contribution in [2.24, 2.45) is 11.3 Å². The number of benzene rings is 1. The predicted molar refractivity (Wildman–Crippen MR) is 105 cm³/mol. The van der Waals surface area contributed by atoms with Crippen molar-refractivity contribution in [1.82, 2.24) is 4.90 Å². The second-order valence-corrected chi connectivity index (χ2v) is 8.78. The lowest BCUT2D eigenvalue weighted by molar-refractivity contribution is -0.0620. The van der Waals surface area contributed by atoms with Gasteiger partial charge in [0.05, 0.1) is 18.8 Å². The Hall–Kier alpha value is -0.610. The molecule has 0 spiro atoms. The molecule has 0 bridgehead atoms. The van der Waals surface area contributed by atoms with Gasteiger partial charge in [-0.3, -0.25) is 4.90 Å². The van der Waals surface area contributed by atoms with Gasteiger partial charge >= 0.3 is 0 Å². The fourth-order valence-corrected chi connectivity index (χ4v) is 4.69. The molecule has 1 aliphatic carbocycles. The SMILES string of the molecule is CC1CC(OCC(O)CN2CCc3ccccc3C2)CC(C)(C)C1.Cl. The van der Waals surface area contributed by atoms with E-state index in [2.05, 4.69) is 49.9 Å². The number of β-amino-alcohol motifs (C(OH)–C–C–N with tert-alkyl or cyclic N) is 1. The second kappa shape index (κ2) is 8.85. The highest BCUT2D eigenvalue weighted by atomic mass is 35.5. The van der Waals surface area contributed by atoms with Crippen LogP contribution in [0.4, 0.5) is 0 Å². The molecule has 0 radical (unpaired) electrons. The summed E-state index contributed by atoms with van der Waals surface area (Å²) in [4.78, 5) is 2.35. The third-order valence-corrected chi connectivity index (χ3v) is 5.55. The number of hydrogen-bond acceptors (Lipinski definition) is 3. The first-order valence-corrected chi connectivity index (χ1v) is 9.50. The third-order valence-electron chi connectivity index (χ3n) is 5.55. The molecule has 0 amide bonds. The molecule has 2 aliphatic rings. The Morgan fingerprint density at radius 2 is 1.96 bits per heavy atom. The van der Waals surface area contributed by atoms with E-state index < -0.39 is 6.10 Å². The smallest absolute Gasteiger partial charge is 0.0900 e. The van der Waals surface area contributed by atoms with E-state index in [-0.39, 0.29) is 12.4 Å². The highest BCUT2D eigenvalue weighted by Gasteiger charge is 2.32. The number of ether oxygens (including phenoxy) is 1. The van der Waals surface area contributed by atoms with Crippen LogP contribution in [0, 0.1) is 11.3 Å². The average Bonchev–Trinajstić information content (AvgIpc) is 2.51. The molecule has 3 rings (SSSR count). The van der Waals surface area contributed by atoms with Crippen molar-refractivity contribution in [2.75, 3.05) is 19.7 Å². The normalized spacial score (nSPS) is 27.2. The van der Waals surface area contributed by atoms with E-state index in [1.54, 1.807) is 0 Å². The largest absolute Gasteiger partial charge is 0.389 e. The molecule has 3 atom stereocenters. The Labute approximate surface area is 159 Å². The molecule has 1 saturated carbocycles. The number of nitrogens with zero attached hydrogens (tertiary/aromatic N) is 1. The fourth-order valence-electron chi connectivity index (χ4n) is 4.69. The van der Waals surface area contributed by atoms with Crippen molar-refractivity contribution in [2.45, 2.75) is 65.2 Å². The second-order valence-electron chi connectivity index (χ2n) is 8.78. The van der Waals surface area contributed by atoms with E-state index in [0.29, 0.717) is 24.7 Å². The van der Waals surface area contributed by atoms with Gasteiger partial charge in [-0.15, -0.1) is 12.4 Å². The number of rotatable bonds is 5. The zero-order chi connectivity index (χ0) is 17.2. The van der Waals surface area contributed by atoms with Crippen LogP contribution >= 0.6 is 12.4 Å². The lowest BCUT2D eigenvalue weighted by Crippen LogP contribution is -2.40. The van der Waals surface area contributed by atoms with Crippen LogP contribution in [0.2, 0.25) is 0 Å². The Morgan fingerprint density at radius 3 is 2.68 bits per heavy atom. The van der Waals surface area contributed by atoms with Crippen molar-refractivity contribution in [1.29, 1.82) is 0 Å². The minimum Gasteiger partial charge on any atom is -0.389 e. The highest BCUT2D eigenvalue weighted by molar-refractivity contribution is 5.85. The number of hydrogen-bond donors (Lipinski definition) is 1. The quantitative estimate of drug-likeness (QED) is 0.851. The maximum Gasteiger partial charge on any atom is 0.0900 e. The topological polar surface area (TPSA) is 32.7 Å². The van der Waals surface area contributed by atoms with Gasteiger partial charge in [0.15, 0.2) is 0 Å². The number of halogens is 1. The minimum absolute atomic E-state index is 0. The summed E-state index contributed by atoms with van der Waals surface area (Å²) in [6, 6.07) is 8.64. The summed E-state index contributed by atoms with van der Waals surface area (Å²) in [6.45, 7) is 10.1. The Bertz CT molecular complexity index is 548. The molecule has 3 unspecified atom stereocenters. The van der Waals surface area contributed by atoms with Gasteiger partial charge in [0.1, 0.15) is 0 Å². The molecule has 1 aromatic carbocycles. The fraction of sp³-hybridized carbons (Fsp3) is 0.714. The molecule has 25 heavy (non-hydrogen) atoms. The molecule has 1 aliphatic heterocycles. The van der Waals surface area contributed by atoms with Crippen molar-refractivity contribution in [3.8, 4) is 0 Å². The highest BCUT2D eigenvalue weighted by Crippen LogP contribution is 2.39. The van der Waals surface area contributed by atoms with Crippen LogP contribution in [0.15, 0.2) is 24.3 Å². The van der Waals surface area contributed by atoms with Crippen LogP contribution < -0.4 is 0 Å². The third kappa shape index (κ3) is 5.96. The molecule has 3 nitrogen and oxygen atoms in total. The molecule has 4 heteroatoms. The Balaban J connectivity index is 0.00000225. The van der Waals surface area contributed by atoms with Crippen LogP contribution in [0.1, 0.15) is 51.2 Å². The minimum atomic E-state index is -0.393. The molecule has 1 N–H and O–H groups in total. The van der Waals surface area contributed by atoms with E-state index in [4.69, 9.17) is 4.74 Å². The van der Waals surface area contributed by atoms with Gasteiger partial charge in [0.2, 0.25) is 0 Å². The van der Waals surface area contributed by atoms with Crippen LogP contribution in [0.25, 0.3) is 0 Å². The maximum atomic E-state index is 10.4. The molecule has 0 aromatic heterocycles. The van der Waals surface area contributed by atoms with E-state index in [1.165, 1.54) is 17.5 Å². The molecular formula is C21H34ClNO2. The van der Waals surface area contributed by atoms with Gasteiger partial charge in [-0.25, -0.2) is 0 Å². The first-order chi connectivity index (χ1) is 11.4. The van der Waals surface area contributed by atoms with Gasteiger partial charge in [-0.2, -0.15) is 0 Å². The number of aliphatic hydroxyl groups is 1. The standard InChI is InChI=1S/C21H33NO2.ClH/c1-16-10-20(12-21(2,3)11-16)24-15-19(23)14-22-9-8-17-6-4-5-7-18(17)13-22;/h4-7,16,19-20,23H,8-15H2,1-3H3;1H. The summed E-state index contributed by atoms with van der Waals surface area (Å²) in [6.07, 6.45) is 4.52. The predicted octanol–water partition coefficient (Wildman–Crippen LogP) is 4.06. The van der Waals surface area contributed by atoms with Crippen molar-refractivity contribution < 1.29 is 9.84 Å². The van der Waals surface area contributed by atoms with Gasteiger partial charge in [0, 0.05) is 19.6 Å². The van der Waals surface area contributed by atoms with Gasteiger partial charge < -0.3 is 9.84 Å². The summed E-state index contributed by atoms with van der Waals surface area (Å²) < 4.78 is 6.09. The zero-order valence-corrected chi connectivity index (χ0v) is 16.7. The maximum absolute atomic E-state index is 10.4. The van der Waals surface area contributed by atoms with E-state index >= 15 is 0 Å². The molecule has 1 aromatic rings. The Kier molecular flexibility index (Phi) is 7.33. The summed E-state index contributed by atoms with van der Waals surface area (Å²) in [5.41, 5.74) is 3.22.